The summed E-state index contributed by atoms with van der Waals surface area (Å²) in [4.78, 5) is 27.9. The molecule has 1 rings (SSSR count). The molecule has 0 aliphatic carbocycles. The number of aromatic nitrogens is 3. The van der Waals surface area contributed by atoms with Crippen LogP contribution in [0.15, 0.2) is 6.33 Å². The van der Waals surface area contributed by atoms with Gasteiger partial charge in [0.05, 0.1) is 6.61 Å². The summed E-state index contributed by atoms with van der Waals surface area (Å²) in [5.41, 5.74) is -1.59. The van der Waals surface area contributed by atoms with Crippen LogP contribution in [-0.2, 0) is 27.3 Å². The number of carboxylic acids is 1. The number of aryl methyl sites for hydroxylation is 1. The molecule has 1 aromatic rings. The number of carbonyl (C=O) groups is 2. The predicted octanol–water partition coefficient (Wildman–Crippen LogP) is 1.27. The van der Waals surface area contributed by atoms with Gasteiger partial charge in [-0.05, 0) is 20.3 Å². The van der Waals surface area contributed by atoms with E-state index in [1.165, 1.54) is 6.33 Å². The summed E-state index contributed by atoms with van der Waals surface area (Å²) in [5, 5.41) is 13.6. The van der Waals surface area contributed by atoms with Crippen molar-refractivity contribution < 1.29 is 19.4 Å². The fraction of sp³-hybridized carbons (Fsp3) is 0.692. The molecule has 0 aliphatic rings. The van der Waals surface area contributed by atoms with Gasteiger partial charge in [0, 0.05) is 13.0 Å². The molecule has 0 amide bonds. The monoisotopic (exact) mass is 283 g/mol. The van der Waals surface area contributed by atoms with Crippen molar-refractivity contribution in [3.05, 3.63) is 12.2 Å². The zero-order valence-corrected chi connectivity index (χ0v) is 12.1. The largest absolute Gasteiger partial charge is 0.480 e. The minimum absolute atomic E-state index is 0.0111. The van der Waals surface area contributed by atoms with Crippen LogP contribution in [0.2, 0.25) is 0 Å². The highest BCUT2D eigenvalue weighted by molar-refractivity contribution is 5.99. The minimum Gasteiger partial charge on any atom is -0.480 e. The second kappa shape index (κ2) is 7.02. The summed E-state index contributed by atoms with van der Waals surface area (Å²) < 4.78 is 6.56. The van der Waals surface area contributed by atoms with Crippen LogP contribution in [0.4, 0.5) is 0 Å². The third-order valence-corrected chi connectivity index (χ3v) is 3.21. The van der Waals surface area contributed by atoms with Crippen molar-refractivity contribution >= 4 is 11.9 Å². The summed E-state index contributed by atoms with van der Waals surface area (Å²) in [5.74, 6) is -1.40. The molecule has 1 heterocycles. The number of carbonyl (C=O) groups excluding carboxylic acids is 1. The molecule has 0 spiro atoms. The second-order valence-corrected chi connectivity index (χ2v) is 4.53. The first-order chi connectivity index (χ1) is 9.51. The molecular formula is C13H21N3O4. The van der Waals surface area contributed by atoms with Crippen LogP contribution in [-0.4, -0.2) is 38.4 Å². The second-order valence-electron chi connectivity index (χ2n) is 4.53. The molecule has 0 radical (unpaired) electrons. The zero-order chi connectivity index (χ0) is 15.2. The van der Waals surface area contributed by atoms with Crippen molar-refractivity contribution in [1.82, 2.24) is 14.8 Å². The molecule has 7 heteroatoms. The van der Waals surface area contributed by atoms with Crippen molar-refractivity contribution in [3.8, 4) is 0 Å². The Bertz CT molecular complexity index is 472. The van der Waals surface area contributed by atoms with E-state index in [9.17, 15) is 14.7 Å². The van der Waals surface area contributed by atoms with E-state index in [1.807, 2.05) is 13.8 Å². The Morgan fingerprint density at radius 1 is 1.40 bits per heavy atom. The molecule has 0 bridgehead atoms. The van der Waals surface area contributed by atoms with Crippen molar-refractivity contribution in [3.63, 3.8) is 0 Å². The molecule has 0 fully saturated rings. The van der Waals surface area contributed by atoms with E-state index >= 15 is 0 Å². The van der Waals surface area contributed by atoms with Gasteiger partial charge in [0.1, 0.15) is 12.2 Å². The van der Waals surface area contributed by atoms with E-state index in [2.05, 4.69) is 10.1 Å². The summed E-state index contributed by atoms with van der Waals surface area (Å²) in [6.45, 7) is 6.09. The molecule has 0 saturated carbocycles. The smallest absolute Gasteiger partial charge is 0.323 e. The van der Waals surface area contributed by atoms with Crippen LogP contribution in [0.5, 0.6) is 0 Å². The summed E-state index contributed by atoms with van der Waals surface area (Å²) in [7, 11) is 0. The quantitative estimate of drug-likeness (QED) is 0.570. The standard InChI is InChI=1S/C13H21N3O4/c1-4-7-13(11(17)18,12(19)20-6-3)8-10-14-9-15-16(10)5-2/h9H,4-8H2,1-3H3,(H,17,18). The lowest BCUT2D eigenvalue weighted by Gasteiger charge is -2.26. The predicted molar refractivity (Wildman–Crippen MR) is 71.0 cm³/mol. The van der Waals surface area contributed by atoms with E-state index in [4.69, 9.17) is 4.74 Å². The summed E-state index contributed by atoms with van der Waals surface area (Å²) in [6, 6.07) is 0. The Morgan fingerprint density at radius 3 is 2.60 bits per heavy atom. The van der Waals surface area contributed by atoms with Gasteiger partial charge in [0.2, 0.25) is 0 Å². The van der Waals surface area contributed by atoms with Crippen LogP contribution in [0.25, 0.3) is 0 Å². The maximum atomic E-state index is 12.2. The van der Waals surface area contributed by atoms with Crippen LogP contribution >= 0.6 is 0 Å². The molecule has 7 nitrogen and oxygen atoms in total. The molecule has 1 aromatic heterocycles. The van der Waals surface area contributed by atoms with E-state index in [0.29, 0.717) is 18.8 Å². The lowest BCUT2D eigenvalue weighted by Crippen LogP contribution is -2.43. The number of nitrogens with zero attached hydrogens (tertiary/aromatic N) is 3. The van der Waals surface area contributed by atoms with Gasteiger partial charge in [-0.2, -0.15) is 5.10 Å². The number of esters is 1. The van der Waals surface area contributed by atoms with Crippen molar-refractivity contribution in [2.45, 2.75) is 46.6 Å². The highest BCUT2D eigenvalue weighted by Crippen LogP contribution is 2.30. The van der Waals surface area contributed by atoms with Gasteiger partial charge in [-0.3, -0.25) is 14.3 Å². The van der Waals surface area contributed by atoms with Crippen LogP contribution in [0.1, 0.15) is 39.4 Å². The number of hydrogen-bond acceptors (Lipinski definition) is 5. The van der Waals surface area contributed by atoms with Crippen molar-refractivity contribution in [2.24, 2.45) is 5.41 Å². The highest BCUT2D eigenvalue weighted by atomic mass is 16.5. The van der Waals surface area contributed by atoms with Gasteiger partial charge >= 0.3 is 11.9 Å². The Hall–Kier alpha value is -1.92. The summed E-state index contributed by atoms with van der Waals surface area (Å²) >= 11 is 0. The van der Waals surface area contributed by atoms with E-state index in [0.717, 1.165) is 0 Å². The SMILES string of the molecule is CCCC(Cc1ncnn1CC)(C(=O)O)C(=O)OCC. The Kier molecular flexibility index (Phi) is 5.66. The summed E-state index contributed by atoms with van der Waals surface area (Å²) in [6.07, 6.45) is 2.12. The Labute approximate surface area is 118 Å². The maximum absolute atomic E-state index is 12.2. The third kappa shape index (κ3) is 3.15. The van der Waals surface area contributed by atoms with Crippen molar-refractivity contribution in [2.75, 3.05) is 6.61 Å². The van der Waals surface area contributed by atoms with Crippen molar-refractivity contribution in [1.29, 1.82) is 0 Å². The van der Waals surface area contributed by atoms with E-state index < -0.39 is 17.4 Å². The molecule has 0 aliphatic heterocycles. The normalized spacial score (nSPS) is 13.8. The lowest BCUT2D eigenvalue weighted by atomic mass is 9.80. The molecule has 1 unspecified atom stereocenters. The molecule has 1 N–H and O–H groups in total. The van der Waals surface area contributed by atoms with Crippen LogP contribution in [0.3, 0.4) is 0 Å². The van der Waals surface area contributed by atoms with Gasteiger partial charge in [-0.25, -0.2) is 4.98 Å². The van der Waals surface area contributed by atoms with Gasteiger partial charge in [0.15, 0.2) is 5.41 Å². The van der Waals surface area contributed by atoms with Gasteiger partial charge in [-0.1, -0.05) is 13.3 Å². The fourth-order valence-electron chi connectivity index (χ4n) is 2.19. The Morgan fingerprint density at radius 2 is 2.10 bits per heavy atom. The molecule has 0 saturated heterocycles. The van der Waals surface area contributed by atoms with Gasteiger partial charge in [-0.15, -0.1) is 0 Å². The number of rotatable bonds is 8. The zero-order valence-electron chi connectivity index (χ0n) is 12.1. The lowest BCUT2D eigenvalue weighted by molar-refractivity contribution is -0.169. The molecule has 0 aromatic carbocycles. The molecular weight excluding hydrogens is 262 g/mol. The maximum Gasteiger partial charge on any atom is 0.323 e. The van der Waals surface area contributed by atoms with Gasteiger partial charge in [0.25, 0.3) is 0 Å². The fourth-order valence-corrected chi connectivity index (χ4v) is 2.19. The minimum atomic E-state index is -1.59. The van der Waals surface area contributed by atoms with E-state index in [1.54, 1.807) is 11.6 Å². The third-order valence-electron chi connectivity index (χ3n) is 3.21. The van der Waals surface area contributed by atoms with Crippen LogP contribution < -0.4 is 0 Å². The first-order valence-corrected chi connectivity index (χ1v) is 6.79. The number of carboxylic acid groups (broad SMARTS) is 1. The highest BCUT2D eigenvalue weighted by Gasteiger charge is 2.48. The molecule has 20 heavy (non-hydrogen) atoms. The van der Waals surface area contributed by atoms with E-state index in [-0.39, 0.29) is 19.4 Å². The molecule has 1 atom stereocenters. The Balaban J connectivity index is 3.15. The topological polar surface area (TPSA) is 94.3 Å². The van der Waals surface area contributed by atoms with Gasteiger partial charge < -0.3 is 9.84 Å². The number of ether oxygens (including phenoxy) is 1. The first kappa shape index (κ1) is 16.1. The number of hydrogen-bond donors (Lipinski definition) is 1. The average Bonchev–Trinajstić information content (AvgIpc) is 2.85. The number of aliphatic carboxylic acids is 1. The first-order valence-electron chi connectivity index (χ1n) is 6.79. The average molecular weight is 283 g/mol. The van der Waals surface area contributed by atoms with Crippen LogP contribution in [0, 0.1) is 5.41 Å². The molecule has 112 valence electrons.